The van der Waals surface area contributed by atoms with Crippen molar-refractivity contribution in [2.45, 2.75) is 42.7 Å². The first-order valence-corrected chi connectivity index (χ1v) is 5.66. The van der Waals surface area contributed by atoms with Crippen molar-refractivity contribution in [2.75, 3.05) is 13.7 Å². The van der Waals surface area contributed by atoms with Crippen LogP contribution in [0.5, 0.6) is 0 Å². The predicted molar refractivity (Wildman–Crippen MR) is 59.5 cm³/mol. The molecule has 0 spiro atoms. The van der Waals surface area contributed by atoms with Crippen molar-refractivity contribution in [2.24, 2.45) is 5.73 Å². The highest BCUT2D eigenvalue weighted by Gasteiger charge is 2.52. The third kappa shape index (κ3) is 3.20. The number of methoxy groups -OCH3 is 1. The maximum atomic E-state index is 11.4. The monoisotopic (exact) mass is 281 g/mol. The first-order chi connectivity index (χ1) is 8.76. The summed E-state index contributed by atoms with van der Waals surface area (Å²) in [6.07, 6.45) is -6.62. The largest absolute Gasteiger partial charge is 0.465 e. The van der Waals surface area contributed by atoms with Crippen LogP contribution in [0.2, 0.25) is 0 Å². The Labute approximate surface area is 109 Å². The van der Waals surface area contributed by atoms with Crippen molar-refractivity contribution in [1.82, 2.24) is 0 Å². The van der Waals surface area contributed by atoms with Gasteiger partial charge in [0.05, 0.1) is 25.9 Å². The molecule has 0 radical (unpaired) electrons. The highest BCUT2D eigenvalue weighted by atomic mass is 16.7. The van der Waals surface area contributed by atoms with Crippen molar-refractivity contribution in [3.63, 3.8) is 0 Å². The van der Waals surface area contributed by atoms with Crippen LogP contribution in [0.3, 0.4) is 0 Å². The number of aliphatic hydroxyl groups excluding tert-OH is 4. The zero-order chi connectivity index (χ0) is 14.8. The van der Waals surface area contributed by atoms with Crippen LogP contribution in [0.4, 0.5) is 0 Å². The molecule has 19 heavy (non-hydrogen) atoms. The van der Waals surface area contributed by atoms with Crippen LogP contribution >= 0.6 is 0 Å². The Bertz CT molecular complexity index is 327. The summed E-state index contributed by atoms with van der Waals surface area (Å²) in [4.78, 5) is 11.4. The summed E-state index contributed by atoms with van der Waals surface area (Å²) in [6.45, 7) is -0.777. The van der Waals surface area contributed by atoms with E-state index in [1.165, 1.54) is 0 Å². The lowest BCUT2D eigenvalue weighted by atomic mass is 9.89. The van der Waals surface area contributed by atoms with E-state index in [-0.39, 0.29) is 0 Å². The van der Waals surface area contributed by atoms with Crippen molar-refractivity contribution < 1.29 is 39.8 Å². The second-order valence-electron chi connectivity index (χ2n) is 4.45. The molecule has 9 heteroatoms. The van der Waals surface area contributed by atoms with Crippen LogP contribution < -0.4 is 5.73 Å². The Hall–Kier alpha value is -0.810. The molecule has 112 valence electrons. The number of nitrogens with two attached hydrogens (primary N) is 1. The first kappa shape index (κ1) is 16.2. The lowest BCUT2D eigenvalue weighted by Crippen LogP contribution is -2.65. The van der Waals surface area contributed by atoms with Gasteiger partial charge in [-0.25, -0.2) is 4.79 Å². The van der Waals surface area contributed by atoms with Gasteiger partial charge in [-0.3, -0.25) is 0 Å². The summed E-state index contributed by atoms with van der Waals surface area (Å²) in [5, 5.41) is 47.4. The Morgan fingerprint density at radius 1 is 1.58 bits per heavy atom. The fourth-order valence-electron chi connectivity index (χ4n) is 1.91. The van der Waals surface area contributed by atoms with Gasteiger partial charge in [-0.05, 0) is 0 Å². The molecule has 1 rings (SSSR count). The third-order valence-corrected chi connectivity index (χ3v) is 3.06. The average Bonchev–Trinajstić information content (AvgIpc) is 2.40. The molecule has 1 aliphatic rings. The highest BCUT2D eigenvalue weighted by Crippen LogP contribution is 2.30. The quantitative estimate of drug-likeness (QED) is 0.282. The van der Waals surface area contributed by atoms with Crippen LogP contribution in [0.15, 0.2) is 0 Å². The van der Waals surface area contributed by atoms with Crippen LogP contribution in [-0.4, -0.2) is 81.5 Å². The Balaban J connectivity index is 2.94. The Morgan fingerprint density at radius 2 is 2.16 bits per heavy atom. The fourth-order valence-corrected chi connectivity index (χ4v) is 1.91. The van der Waals surface area contributed by atoms with E-state index in [0.29, 0.717) is 0 Å². The number of rotatable bonds is 4. The Kier molecular flexibility index (Phi) is 5.21. The van der Waals surface area contributed by atoms with Gasteiger partial charge in [-0.15, -0.1) is 0 Å². The molecule has 6 atom stereocenters. The second kappa shape index (κ2) is 6.09. The van der Waals surface area contributed by atoms with Gasteiger partial charge in [0.25, 0.3) is 5.79 Å². The van der Waals surface area contributed by atoms with Gasteiger partial charge in [0.1, 0.15) is 18.3 Å². The molecule has 0 aromatic heterocycles. The van der Waals surface area contributed by atoms with Crippen LogP contribution in [0.1, 0.15) is 6.42 Å². The van der Waals surface area contributed by atoms with E-state index in [4.69, 9.17) is 15.6 Å². The molecule has 0 aromatic rings. The van der Waals surface area contributed by atoms with Gasteiger partial charge in [0.2, 0.25) is 0 Å². The molecule has 1 aliphatic heterocycles. The zero-order valence-electron chi connectivity index (χ0n) is 10.3. The molecule has 1 fully saturated rings. The number of ether oxygens (including phenoxy) is 2. The molecule has 0 aromatic carbocycles. The zero-order valence-corrected chi connectivity index (χ0v) is 10.3. The van der Waals surface area contributed by atoms with E-state index in [9.17, 15) is 25.2 Å². The van der Waals surface area contributed by atoms with Gasteiger partial charge in [-0.2, -0.15) is 0 Å². The second-order valence-corrected chi connectivity index (χ2v) is 4.45. The van der Waals surface area contributed by atoms with Crippen molar-refractivity contribution in [3.8, 4) is 0 Å². The molecule has 0 bridgehead atoms. The molecular formula is C10H19NO8. The van der Waals surface area contributed by atoms with Gasteiger partial charge >= 0.3 is 5.97 Å². The van der Waals surface area contributed by atoms with Crippen molar-refractivity contribution in [3.05, 3.63) is 0 Å². The van der Waals surface area contributed by atoms with E-state index in [1.54, 1.807) is 0 Å². The predicted octanol–water partition coefficient (Wildman–Crippen LogP) is -3.96. The molecule has 9 nitrogen and oxygen atoms in total. The molecule has 1 saturated heterocycles. The van der Waals surface area contributed by atoms with Crippen molar-refractivity contribution >= 4 is 5.97 Å². The van der Waals surface area contributed by atoms with Crippen LogP contribution in [-0.2, 0) is 14.3 Å². The van der Waals surface area contributed by atoms with Crippen LogP contribution in [0, 0.1) is 0 Å². The summed E-state index contributed by atoms with van der Waals surface area (Å²) in [5.74, 6) is -3.63. The van der Waals surface area contributed by atoms with Gasteiger partial charge < -0.3 is 40.7 Å². The summed E-state index contributed by atoms with van der Waals surface area (Å²) in [6, 6.07) is -1.15. The summed E-state index contributed by atoms with van der Waals surface area (Å²) >= 11 is 0. The fraction of sp³-hybridized carbons (Fsp3) is 0.900. The van der Waals surface area contributed by atoms with E-state index in [0.717, 1.165) is 7.11 Å². The minimum Gasteiger partial charge on any atom is -0.465 e. The number of aliphatic hydroxyl groups is 5. The number of carbonyl (C=O) groups is 1. The van der Waals surface area contributed by atoms with Gasteiger partial charge in [0.15, 0.2) is 0 Å². The third-order valence-electron chi connectivity index (χ3n) is 3.06. The van der Waals surface area contributed by atoms with Crippen LogP contribution in [0.25, 0.3) is 0 Å². The maximum absolute atomic E-state index is 11.4. The molecule has 7 N–H and O–H groups in total. The lowest BCUT2D eigenvalue weighted by molar-refractivity contribution is -0.294. The summed E-state index contributed by atoms with van der Waals surface area (Å²) in [7, 11) is 1.01. The number of carbonyl (C=O) groups excluding carboxylic acids is 1. The van der Waals surface area contributed by atoms with Gasteiger partial charge in [0, 0.05) is 6.42 Å². The molecular weight excluding hydrogens is 262 g/mol. The van der Waals surface area contributed by atoms with Gasteiger partial charge in [-0.1, -0.05) is 0 Å². The number of hydrogen-bond donors (Lipinski definition) is 6. The smallest absolute Gasteiger partial charge is 0.366 e. The Morgan fingerprint density at radius 3 is 2.63 bits per heavy atom. The molecule has 0 saturated carbocycles. The standard InChI is InChI=1S/C10H19NO8/c1-18-9(16)10(17)2-4(13)6(11)8(19-10)7(15)5(14)3-12/h4-8,12-15,17H,2-3,11H2,1H3/t4?,5-,6?,7-,8?,10?/m1/s1. The average molecular weight is 281 g/mol. The summed E-state index contributed by atoms with van der Waals surface area (Å²) < 4.78 is 9.30. The summed E-state index contributed by atoms with van der Waals surface area (Å²) in [5.41, 5.74) is 5.59. The molecule has 4 unspecified atom stereocenters. The van der Waals surface area contributed by atoms with E-state index >= 15 is 0 Å². The maximum Gasteiger partial charge on any atom is 0.366 e. The molecule has 0 aliphatic carbocycles. The molecule has 1 heterocycles. The van der Waals surface area contributed by atoms with E-state index in [1.807, 2.05) is 0 Å². The number of hydrogen-bond acceptors (Lipinski definition) is 9. The minimum atomic E-state index is -2.47. The first-order valence-electron chi connectivity index (χ1n) is 5.66. The van der Waals surface area contributed by atoms with Crippen molar-refractivity contribution in [1.29, 1.82) is 0 Å². The SMILES string of the molecule is COC(=O)C1(O)CC(O)C(N)C([C@H](O)[C@H](O)CO)O1. The lowest BCUT2D eigenvalue weighted by Gasteiger charge is -2.43. The topological polar surface area (TPSA) is 163 Å². The normalized spacial score (nSPS) is 38.6. The minimum absolute atomic E-state index is 0.528. The highest BCUT2D eigenvalue weighted by molar-refractivity contribution is 5.77. The number of esters is 1. The molecule has 0 amide bonds. The van der Waals surface area contributed by atoms with E-state index in [2.05, 4.69) is 4.74 Å². The van der Waals surface area contributed by atoms with E-state index < -0.39 is 55.2 Å².